The lowest BCUT2D eigenvalue weighted by atomic mass is 10.1. The van der Waals surface area contributed by atoms with Crippen molar-refractivity contribution in [1.29, 1.82) is 0 Å². The molecule has 0 spiro atoms. The maximum Gasteiger partial charge on any atom is 0.418 e. The Balaban J connectivity index is 1.82. The van der Waals surface area contributed by atoms with Gasteiger partial charge in [0, 0.05) is 5.02 Å². The van der Waals surface area contributed by atoms with Crippen LogP contribution in [0.5, 0.6) is 0 Å². The van der Waals surface area contributed by atoms with Crippen molar-refractivity contribution in [1.82, 2.24) is 0 Å². The van der Waals surface area contributed by atoms with Crippen LogP contribution in [-0.2, 0) is 15.8 Å². The van der Waals surface area contributed by atoms with Crippen molar-refractivity contribution >= 4 is 40.6 Å². The summed E-state index contributed by atoms with van der Waals surface area (Å²) in [6.07, 6.45) is -4.65. The van der Waals surface area contributed by atoms with Crippen molar-refractivity contribution in [3.8, 4) is 0 Å². The summed E-state index contributed by atoms with van der Waals surface area (Å²) >= 11 is 5.79. The number of amides is 2. The SMILES string of the molecule is O=C(CN1C(=O)C(=O)c2cc(Cl)ccc21)Nc1ccccc1C(F)(F)F. The lowest BCUT2D eigenvalue weighted by Gasteiger charge is -2.18. The molecule has 1 aliphatic heterocycles. The molecule has 2 aromatic carbocycles. The predicted molar refractivity (Wildman–Crippen MR) is 88.2 cm³/mol. The zero-order chi connectivity index (χ0) is 19.1. The van der Waals surface area contributed by atoms with Crippen molar-refractivity contribution in [2.75, 3.05) is 16.8 Å². The van der Waals surface area contributed by atoms with Crippen molar-refractivity contribution in [2.24, 2.45) is 0 Å². The quantitative estimate of drug-likeness (QED) is 0.826. The Morgan fingerprint density at radius 1 is 1.12 bits per heavy atom. The van der Waals surface area contributed by atoms with Gasteiger partial charge in [-0.1, -0.05) is 23.7 Å². The van der Waals surface area contributed by atoms with Gasteiger partial charge in [-0.2, -0.15) is 13.2 Å². The number of hydrogen-bond acceptors (Lipinski definition) is 3. The minimum Gasteiger partial charge on any atom is -0.324 e. The van der Waals surface area contributed by atoms with Crippen LogP contribution >= 0.6 is 11.6 Å². The number of Topliss-reactive ketones (excluding diaryl/α,β-unsaturated/α-hetero) is 1. The lowest BCUT2D eigenvalue weighted by Crippen LogP contribution is -2.37. The third-order valence-corrected chi connectivity index (χ3v) is 3.98. The molecule has 1 heterocycles. The van der Waals surface area contributed by atoms with E-state index in [-0.39, 0.29) is 16.3 Å². The van der Waals surface area contributed by atoms with E-state index in [0.29, 0.717) is 0 Å². The summed E-state index contributed by atoms with van der Waals surface area (Å²) < 4.78 is 38.9. The van der Waals surface area contributed by atoms with Gasteiger partial charge in [-0.3, -0.25) is 19.3 Å². The number of rotatable bonds is 3. The van der Waals surface area contributed by atoms with Crippen molar-refractivity contribution in [2.45, 2.75) is 6.18 Å². The van der Waals surface area contributed by atoms with Crippen LogP contribution in [0.3, 0.4) is 0 Å². The number of halogens is 4. The van der Waals surface area contributed by atoms with E-state index < -0.39 is 41.6 Å². The van der Waals surface area contributed by atoms with Gasteiger partial charge in [0.15, 0.2) is 0 Å². The molecular formula is C17H10ClF3N2O3. The maximum atomic E-state index is 13.0. The van der Waals surface area contributed by atoms with Crippen LogP contribution in [0.15, 0.2) is 42.5 Å². The molecule has 134 valence electrons. The van der Waals surface area contributed by atoms with Crippen molar-refractivity contribution < 1.29 is 27.6 Å². The number of nitrogens with one attached hydrogen (secondary N) is 1. The molecule has 0 unspecified atom stereocenters. The van der Waals surface area contributed by atoms with E-state index in [1.54, 1.807) is 0 Å². The maximum absolute atomic E-state index is 13.0. The Morgan fingerprint density at radius 3 is 2.50 bits per heavy atom. The fourth-order valence-electron chi connectivity index (χ4n) is 2.60. The van der Waals surface area contributed by atoms with Crippen LogP contribution < -0.4 is 10.2 Å². The van der Waals surface area contributed by atoms with Crippen LogP contribution in [0.25, 0.3) is 0 Å². The molecule has 2 aromatic rings. The van der Waals surface area contributed by atoms with Crippen LogP contribution in [-0.4, -0.2) is 24.1 Å². The Labute approximate surface area is 150 Å². The molecule has 0 aliphatic carbocycles. The molecule has 0 fully saturated rings. The number of carbonyl (C=O) groups is 3. The number of benzene rings is 2. The number of alkyl halides is 3. The second-order valence-electron chi connectivity index (χ2n) is 5.47. The first kappa shape index (κ1) is 17.9. The Kier molecular flexibility index (Phi) is 4.45. The molecule has 9 heteroatoms. The zero-order valence-electron chi connectivity index (χ0n) is 12.9. The fourth-order valence-corrected chi connectivity index (χ4v) is 2.77. The van der Waals surface area contributed by atoms with E-state index >= 15 is 0 Å². The van der Waals surface area contributed by atoms with E-state index in [2.05, 4.69) is 5.32 Å². The molecule has 0 atom stereocenters. The summed E-state index contributed by atoms with van der Waals surface area (Å²) in [5, 5.41) is 2.38. The summed E-state index contributed by atoms with van der Waals surface area (Å²) in [4.78, 5) is 37.1. The number of nitrogens with zero attached hydrogens (tertiary/aromatic N) is 1. The van der Waals surface area contributed by atoms with Gasteiger partial charge in [0.1, 0.15) is 6.54 Å². The molecule has 0 aromatic heterocycles. The van der Waals surface area contributed by atoms with Gasteiger partial charge >= 0.3 is 6.18 Å². The zero-order valence-corrected chi connectivity index (χ0v) is 13.7. The molecule has 3 rings (SSSR count). The van der Waals surface area contributed by atoms with Crippen LogP contribution in [0.4, 0.5) is 24.5 Å². The molecule has 26 heavy (non-hydrogen) atoms. The number of anilines is 2. The predicted octanol–water partition coefficient (Wildman–Crippen LogP) is 3.53. The number of carbonyl (C=O) groups excluding carboxylic acids is 3. The summed E-state index contributed by atoms with van der Waals surface area (Å²) in [7, 11) is 0. The lowest BCUT2D eigenvalue weighted by molar-refractivity contribution is -0.137. The summed E-state index contributed by atoms with van der Waals surface area (Å²) in [5.41, 5.74) is -1.21. The fraction of sp³-hybridized carbons (Fsp3) is 0.118. The second-order valence-corrected chi connectivity index (χ2v) is 5.91. The van der Waals surface area contributed by atoms with Crippen LogP contribution in [0, 0.1) is 0 Å². The van der Waals surface area contributed by atoms with Gasteiger partial charge in [-0.15, -0.1) is 0 Å². The largest absolute Gasteiger partial charge is 0.418 e. The molecule has 5 nitrogen and oxygen atoms in total. The first-order chi connectivity index (χ1) is 12.2. The number of hydrogen-bond donors (Lipinski definition) is 1. The van der Waals surface area contributed by atoms with E-state index in [4.69, 9.17) is 11.6 Å². The average molecular weight is 383 g/mol. The highest BCUT2D eigenvalue weighted by Crippen LogP contribution is 2.35. The molecule has 0 radical (unpaired) electrons. The molecule has 1 aliphatic rings. The highest BCUT2D eigenvalue weighted by atomic mass is 35.5. The molecule has 0 saturated carbocycles. The van der Waals surface area contributed by atoms with Gasteiger partial charge in [0.2, 0.25) is 5.91 Å². The molecular weight excluding hydrogens is 373 g/mol. The van der Waals surface area contributed by atoms with Gasteiger partial charge in [0.25, 0.3) is 11.7 Å². The van der Waals surface area contributed by atoms with Gasteiger partial charge < -0.3 is 5.32 Å². The third-order valence-electron chi connectivity index (χ3n) is 3.74. The minimum absolute atomic E-state index is 0.0472. The molecule has 2 amide bonds. The minimum atomic E-state index is -4.65. The number of fused-ring (bicyclic) bond motifs is 1. The average Bonchev–Trinajstić information content (AvgIpc) is 2.79. The van der Waals surface area contributed by atoms with E-state index in [0.717, 1.165) is 17.0 Å². The van der Waals surface area contributed by atoms with E-state index in [1.807, 2.05) is 0 Å². The van der Waals surface area contributed by atoms with Gasteiger partial charge in [0.05, 0.1) is 22.5 Å². The first-order valence-electron chi connectivity index (χ1n) is 7.30. The van der Waals surface area contributed by atoms with Crippen LogP contribution in [0.2, 0.25) is 5.02 Å². The number of ketones is 1. The summed E-state index contributed by atoms with van der Waals surface area (Å²) in [6, 6.07) is 8.61. The highest BCUT2D eigenvalue weighted by molar-refractivity contribution is 6.53. The summed E-state index contributed by atoms with van der Waals surface area (Å²) in [6.45, 7) is -0.606. The second kappa shape index (κ2) is 6.45. The van der Waals surface area contributed by atoms with Crippen molar-refractivity contribution in [3.63, 3.8) is 0 Å². The van der Waals surface area contributed by atoms with Gasteiger partial charge in [-0.05, 0) is 30.3 Å². The van der Waals surface area contributed by atoms with Crippen LogP contribution in [0.1, 0.15) is 15.9 Å². The smallest absolute Gasteiger partial charge is 0.324 e. The van der Waals surface area contributed by atoms with Gasteiger partial charge in [-0.25, -0.2) is 0 Å². The van der Waals surface area contributed by atoms with E-state index in [1.165, 1.54) is 30.3 Å². The Bertz CT molecular complexity index is 928. The van der Waals surface area contributed by atoms with E-state index in [9.17, 15) is 27.6 Å². The Hall–Kier alpha value is -2.87. The number of para-hydroxylation sites is 1. The molecule has 0 saturated heterocycles. The molecule has 0 bridgehead atoms. The first-order valence-corrected chi connectivity index (χ1v) is 7.68. The normalized spacial score (nSPS) is 13.8. The monoisotopic (exact) mass is 382 g/mol. The summed E-state index contributed by atoms with van der Waals surface area (Å²) in [5.74, 6) is -2.64. The standard InChI is InChI=1S/C17H10ClF3N2O3/c18-9-5-6-13-10(7-9)15(25)16(26)23(13)8-14(24)22-12-4-2-1-3-11(12)17(19,20)21/h1-7H,8H2,(H,22,24). The highest BCUT2D eigenvalue weighted by Gasteiger charge is 2.38. The topological polar surface area (TPSA) is 66.5 Å². The molecule has 1 N–H and O–H groups in total. The third kappa shape index (κ3) is 3.28. The Morgan fingerprint density at radius 2 is 1.81 bits per heavy atom. The van der Waals surface area contributed by atoms with Crippen molar-refractivity contribution in [3.05, 3.63) is 58.6 Å².